The Balaban J connectivity index is 2.01. The topological polar surface area (TPSA) is 110 Å². The summed E-state index contributed by atoms with van der Waals surface area (Å²) in [6.45, 7) is 0. The second kappa shape index (κ2) is 7.74. The number of rotatable bonds is 5. The lowest BCUT2D eigenvalue weighted by atomic mass is 10.2. The predicted molar refractivity (Wildman–Crippen MR) is 104 cm³/mol. The molecule has 0 bridgehead atoms. The van der Waals surface area contributed by atoms with Gasteiger partial charge in [0.05, 0.1) is 15.6 Å². The van der Waals surface area contributed by atoms with Crippen LogP contribution in [0.3, 0.4) is 0 Å². The number of anilines is 3. The maximum atomic E-state index is 7.13. The summed E-state index contributed by atoms with van der Waals surface area (Å²) in [6.07, 6.45) is 0.798. The van der Waals surface area contributed by atoms with Crippen LogP contribution in [0.4, 0.5) is 17.6 Å². The molecule has 0 unspecified atom stereocenters. The molecule has 0 aliphatic carbocycles. The van der Waals surface area contributed by atoms with E-state index in [0.717, 1.165) is 6.40 Å². The van der Waals surface area contributed by atoms with Crippen molar-refractivity contribution >= 4 is 58.8 Å². The van der Waals surface area contributed by atoms with Gasteiger partial charge in [-0.3, -0.25) is 5.41 Å². The number of hydrogen-bond donors (Lipinski definition) is 3. The van der Waals surface area contributed by atoms with Crippen LogP contribution in [0.15, 0.2) is 36.4 Å². The minimum absolute atomic E-state index is 0.00154. The summed E-state index contributed by atoms with van der Waals surface area (Å²) in [4.78, 5) is 12.5. The van der Waals surface area contributed by atoms with Crippen LogP contribution in [0.25, 0.3) is 11.4 Å². The average molecular weight is 410 g/mol. The molecule has 0 aliphatic rings. The molecule has 10 heteroatoms. The van der Waals surface area contributed by atoms with E-state index in [2.05, 4.69) is 20.3 Å². The fourth-order valence-corrected chi connectivity index (χ4v) is 2.59. The number of halogens is 3. The Morgan fingerprint density at radius 2 is 1.81 bits per heavy atom. The molecule has 1 heterocycles. The first kappa shape index (κ1) is 18.2. The quantitative estimate of drug-likeness (QED) is 0.412. The highest BCUT2D eigenvalue weighted by atomic mass is 35.5. The lowest BCUT2D eigenvalue weighted by Crippen LogP contribution is -2.05. The molecule has 7 nitrogen and oxygen atoms in total. The van der Waals surface area contributed by atoms with Crippen molar-refractivity contribution in [3.05, 3.63) is 51.5 Å². The highest BCUT2D eigenvalue weighted by Gasteiger charge is 2.13. The van der Waals surface area contributed by atoms with Crippen LogP contribution in [-0.2, 0) is 0 Å². The highest BCUT2D eigenvalue weighted by Crippen LogP contribution is 2.32. The normalized spacial score (nSPS) is 10.4. The Bertz CT molecular complexity index is 982. The molecule has 0 saturated heterocycles. The van der Waals surface area contributed by atoms with Crippen molar-refractivity contribution in [3.63, 3.8) is 0 Å². The Labute approximate surface area is 163 Å². The lowest BCUT2D eigenvalue weighted by molar-refractivity contribution is 0.571. The van der Waals surface area contributed by atoms with Gasteiger partial charge in [-0.15, -0.1) is 0 Å². The van der Waals surface area contributed by atoms with E-state index < -0.39 is 0 Å². The van der Waals surface area contributed by atoms with Gasteiger partial charge >= 0.3 is 0 Å². The lowest BCUT2D eigenvalue weighted by Gasteiger charge is -2.10. The van der Waals surface area contributed by atoms with Gasteiger partial charge in [0.25, 0.3) is 0 Å². The SMILES string of the molecule is N=COc1ccc(Cl)cc1-c1nc(N)nc(Nc2ccc(Cl)c(Cl)c2)n1. The molecule has 2 aromatic carbocycles. The summed E-state index contributed by atoms with van der Waals surface area (Å²) in [5, 5.41) is 11.4. The predicted octanol–water partition coefficient (Wildman–Crippen LogP) is 4.81. The number of nitrogens with two attached hydrogens (primary N) is 1. The van der Waals surface area contributed by atoms with E-state index in [9.17, 15) is 0 Å². The molecular formula is C16H11Cl3N6O. The van der Waals surface area contributed by atoms with Crippen molar-refractivity contribution in [1.29, 1.82) is 5.41 Å². The first-order valence-corrected chi connectivity index (χ1v) is 8.29. The molecule has 1 aromatic heterocycles. The average Bonchev–Trinajstić information content (AvgIpc) is 2.59. The van der Waals surface area contributed by atoms with E-state index in [1.807, 2.05) is 0 Å². The van der Waals surface area contributed by atoms with Crippen molar-refractivity contribution in [3.8, 4) is 17.1 Å². The van der Waals surface area contributed by atoms with Crippen molar-refractivity contribution in [2.24, 2.45) is 0 Å². The maximum absolute atomic E-state index is 7.13. The van der Waals surface area contributed by atoms with Crippen LogP contribution in [0.2, 0.25) is 15.1 Å². The number of nitrogen functional groups attached to an aromatic ring is 1. The largest absolute Gasteiger partial charge is 0.446 e. The highest BCUT2D eigenvalue weighted by molar-refractivity contribution is 6.42. The van der Waals surface area contributed by atoms with E-state index in [1.165, 1.54) is 0 Å². The second-order valence-corrected chi connectivity index (χ2v) is 6.22. The molecule has 0 aliphatic heterocycles. The molecule has 0 spiro atoms. The van der Waals surface area contributed by atoms with Gasteiger partial charge in [0.2, 0.25) is 11.9 Å². The molecule has 0 atom stereocenters. The summed E-state index contributed by atoms with van der Waals surface area (Å²) in [5.74, 6) is 0.792. The van der Waals surface area contributed by atoms with Crippen LogP contribution >= 0.6 is 34.8 Å². The zero-order chi connectivity index (χ0) is 18.7. The Morgan fingerprint density at radius 1 is 1.00 bits per heavy atom. The minimum atomic E-state index is -0.00154. The van der Waals surface area contributed by atoms with Gasteiger partial charge in [-0.2, -0.15) is 15.0 Å². The van der Waals surface area contributed by atoms with Crippen LogP contribution < -0.4 is 15.8 Å². The van der Waals surface area contributed by atoms with Gasteiger partial charge < -0.3 is 15.8 Å². The summed E-state index contributed by atoms with van der Waals surface area (Å²) in [7, 11) is 0. The van der Waals surface area contributed by atoms with Gasteiger partial charge in [-0.25, -0.2) is 0 Å². The molecule has 26 heavy (non-hydrogen) atoms. The van der Waals surface area contributed by atoms with E-state index in [-0.39, 0.29) is 17.7 Å². The fraction of sp³-hybridized carbons (Fsp3) is 0. The number of benzene rings is 2. The molecule has 3 aromatic rings. The number of nitrogens with one attached hydrogen (secondary N) is 2. The number of hydrogen-bond acceptors (Lipinski definition) is 7. The van der Waals surface area contributed by atoms with E-state index >= 15 is 0 Å². The Kier molecular flexibility index (Phi) is 5.41. The Morgan fingerprint density at radius 3 is 2.54 bits per heavy atom. The second-order valence-electron chi connectivity index (χ2n) is 4.97. The number of nitrogens with zero attached hydrogens (tertiary/aromatic N) is 3. The molecule has 132 valence electrons. The van der Waals surface area contributed by atoms with Crippen LogP contribution in [-0.4, -0.2) is 21.4 Å². The molecule has 3 rings (SSSR count). The van der Waals surface area contributed by atoms with Crippen molar-refractivity contribution in [2.45, 2.75) is 0 Å². The molecule has 0 fully saturated rings. The van der Waals surface area contributed by atoms with Gasteiger partial charge in [-0.05, 0) is 36.4 Å². The zero-order valence-electron chi connectivity index (χ0n) is 13.0. The molecule has 0 radical (unpaired) electrons. The summed E-state index contributed by atoms with van der Waals surface area (Å²) in [6, 6.07) is 9.84. The van der Waals surface area contributed by atoms with E-state index in [0.29, 0.717) is 32.1 Å². The van der Waals surface area contributed by atoms with Gasteiger partial charge in [0.15, 0.2) is 12.2 Å². The minimum Gasteiger partial charge on any atom is -0.446 e. The fourth-order valence-electron chi connectivity index (χ4n) is 2.11. The zero-order valence-corrected chi connectivity index (χ0v) is 15.3. The maximum Gasteiger partial charge on any atom is 0.232 e. The monoisotopic (exact) mass is 408 g/mol. The van der Waals surface area contributed by atoms with E-state index in [1.54, 1.807) is 36.4 Å². The van der Waals surface area contributed by atoms with Gasteiger partial charge in [-0.1, -0.05) is 34.8 Å². The first-order valence-electron chi connectivity index (χ1n) is 7.15. The molecular weight excluding hydrogens is 399 g/mol. The van der Waals surface area contributed by atoms with Gasteiger partial charge in [0, 0.05) is 10.7 Å². The first-order chi connectivity index (χ1) is 12.5. The third-order valence-electron chi connectivity index (χ3n) is 3.20. The third-order valence-corrected chi connectivity index (χ3v) is 4.17. The number of ether oxygens (including phenoxy) is 1. The van der Waals surface area contributed by atoms with E-state index in [4.69, 9.17) is 50.7 Å². The third kappa shape index (κ3) is 4.13. The molecule has 4 N–H and O–H groups in total. The smallest absolute Gasteiger partial charge is 0.232 e. The van der Waals surface area contributed by atoms with Crippen molar-refractivity contribution < 1.29 is 4.74 Å². The summed E-state index contributed by atoms with van der Waals surface area (Å²) < 4.78 is 5.16. The molecule has 0 amide bonds. The molecule has 0 saturated carbocycles. The van der Waals surface area contributed by atoms with Crippen LogP contribution in [0.1, 0.15) is 0 Å². The number of aromatic nitrogens is 3. The van der Waals surface area contributed by atoms with Crippen molar-refractivity contribution in [2.75, 3.05) is 11.1 Å². The summed E-state index contributed by atoms with van der Waals surface area (Å²) >= 11 is 18.0. The summed E-state index contributed by atoms with van der Waals surface area (Å²) in [5.41, 5.74) is 6.89. The van der Waals surface area contributed by atoms with Crippen LogP contribution in [0.5, 0.6) is 5.75 Å². The standard InChI is InChI=1S/C16H11Cl3N6O/c17-8-1-4-13(26-7-20)10(5-8)14-23-15(21)25-16(24-14)22-9-2-3-11(18)12(19)6-9/h1-7,20H,(H3,21,22,23,24,25). The van der Waals surface area contributed by atoms with Gasteiger partial charge in [0.1, 0.15) is 5.75 Å². The van der Waals surface area contributed by atoms with Crippen LogP contribution in [0, 0.1) is 5.41 Å². The Hall–Kier alpha value is -2.61. The van der Waals surface area contributed by atoms with Crippen molar-refractivity contribution in [1.82, 2.24) is 15.0 Å².